The number of H-pyrrole nitrogens is 1. The van der Waals surface area contributed by atoms with Crippen LogP contribution in [0.15, 0.2) is 16.9 Å². The molecule has 1 aromatic rings. The molecule has 0 fully saturated rings. The summed E-state index contributed by atoms with van der Waals surface area (Å²) in [5.41, 5.74) is -0.304. The van der Waals surface area contributed by atoms with Crippen molar-refractivity contribution in [2.75, 3.05) is 6.54 Å². The molecule has 7 heteroatoms. The Morgan fingerprint density at radius 2 is 2.17 bits per heavy atom. The Bertz CT molecular complexity index is 477. The van der Waals surface area contributed by atoms with Crippen LogP contribution in [0.3, 0.4) is 0 Å². The number of carbonyl (C=O) groups excluding carboxylic acids is 1. The van der Waals surface area contributed by atoms with Crippen LogP contribution in [0.5, 0.6) is 0 Å². The summed E-state index contributed by atoms with van der Waals surface area (Å²) in [6.45, 7) is 3.78. The second kappa shape index (κ2) is 5.95. The zero-order valence-corrected chi connectivity index (χ0v) is 10.2. The maximum absolute atomic E-state index is 12.1. The zero-order valence-electron chi connectivity index (χ0n) is 10.2. The number of carboxylic acids is 1. The molecule has 0 saturated heterocycles. The van der Waals surface area contributed by atoms with E-state index in [4.69, 9.17) is 5.11 Å². The van der Waals surface area contributed by atoms with E-state index in [9.17, 15) is 14.4 Å². The third-order valence-electron chi connectivity index (χ3n) is 2.50. The fourth-order valence-electron chi connectivity index (χ4n) is 1.63. The van der Waals surface area contributed by atoms with Crippen molar-refractivity contribution in [2.24, 2.45) is 0 Å². The lowest BCUT2D eigenvalue weighted by Crippen LogP contribution is -2.40. The molecular formula is C11H15N3O4. The molecule has 0 radical (unpaired) electrons. The number of hydrogen-bond acceptors (Lipinski definition) is 4. The van der Waals surface area contributed by atoms with Gasteiger partial charge in [0.25, 0.3) is 11.5 Å². The van der Waals surface area contributed by atoms with Crippen molar-refractivity contribution < 1.29 is 14.7 Å². The Morgan fingerprint density at radius 3 is 2.61 bits per heavy atom. The Labute approximate surface area is 103 Å². The third kappa shape index (κ3) is 3.41. The maximum Gasteiger partial charge on any atom is 0.305 e. The first kappa shape index (κ1) is 13.9. The van der Waals surface area contributed by atoms with E-state index in [1.165, 1.54) is 17.0 Å². The van der Waals surface area contributed by atoms with Crippen LogP contribution in [-0.2, 0) is 4.79 Å². The highest BCUT2D eigenvalue weighted by atomic mass is 16.4. The zero-order chi connectivity index (χ0) is 13.7. The molecule has 0 aromatic carbocycles. The molecule has 1 heterocycles. The molecule has 98 valence electrons. The maximum atomic E-state index is 12.1. The van der Waals surface area contributed by atoms with Gasteiger partial charge in [-0.25, -0.2) is 5.10 Å². The number of nitrogens with one attached hydrogen (secondary N) is 1. The molecule has 0 bridgehead atoms. The molecule has 1 aromatic heterocycles. The normalized spacial score (nSPS) is 11.9. The predicted octanol–water partition coefficient (Wildman–Crippen LogP) is 0.0952. The Kier molecular flexibility index (Phi) is 4.59. The molecule has 2 N–H and O–H groups in total. The highest BCUT2D eigenvalue weighted by Crippen LogP contribution is 2.08. The number of aromatic nitrogens is 2. The van der Waals surface area contributed by atoms with Gasteiger partial charge in [-0.05, 0) is 19.9 Å². The summed E-state index contributed by atoms with van der Waals surface area (Å²) in [6, 6.07) is 2.08. The number of hydrogen-bond donors (Lipinski definition) is 2. The summed E-state index contributed by atoms with van der Waals surface area (Å²) >= 11 is 0. The van der Waals surface area contributed by atoms with Crippen LogP contribution in [0, 0.1) is 0 Å². The molecule has 1 unspecified atom stereocenters. The molecular weight excluding hydrogens is 238 g/mol. The Balaban J connectivity index is 2.88. The van der Waals surface area contributed by atoms with Crippen molar-refractivity contribution in [2.45, 2.75) is 26.3 Å². The van der Waals surface area contributed by atoms with E-state index in [1.807, 2.05) is 0 Å². The van der Waals surface area contributed by atoms with E-state index < -0.39 is 23.5 Å². The average Bonchev–Trinajstić information content (AvgIpc) is 2.29. The van der Waals surface area contributed by atoms with Crippen LogP contribution in [0.2, 0.25) is 0 Å². The monoisotopic (exact) mass is 253 g/mol. The molecule has 0 saturated carbocycles. The summed E-state index contributed by atoms with van der Waals surface area (Å²) in [4.78, 5) is 34.9. The van der Waals surface area contributed by atoms with Crippen molar-refractivity contribution in [1.82, 2.24) is 15.1 Å². The van der Waals surface area contributed by atoms with Gasteiger partial charge in [0.05, 0.1) is 6.42 Å². The van der Waals surface area contributed by atoms with E-state index in [-0.39, 0.29) is 12.1 Å². The fraction of sp³-hybridized carbons (Fsp3) is 0.455. The van der Waals surface area contributed by atoms with E-state index >= 15 is 0 Å². The second-order valence-electron chi connectivity index (χ2n) is 3.84. The van der Waals surface area contributed by atoms with Gasteiger partial charge in [-0.1, -0.05) is 0 Å². The average molecular weight is 253 g/mol. The van der Waals surface area contributed by atoms with Crippen LogP contribution >= 0.6 is 0 Å². The summed E-state index contributed by atoms with van der Waals surface area (Å²) in [7, 11) is 0. The third-order valence-corrected chi connectivity index (χ3v) is 2.50. The second-order valence-corrected chi connectivity index (χ2v) is 3.84. The minimum Gasteiger partial charge on any atom is -0.481 e. The molecule has 0 aliphatic rings. The van der Waals surface area contributed by atoms with Crippen LogP contribution in [-0.4, -0.2) is 44.7 Å². The molecule has 0 spiro atoms. The van der Waals surface area contributed by atoms with Gasteiger partial charge in [-0.15, -0.1) is 0 Å². The molecule has 0 aliphatic carbocycles. The van der Waals surface area contributed by atoms with Gasteiger partial charge in [0.2, 0.25) is 0 Å². The van der Waals surface area contributed by atoms with Crippen molar-refractivity contribution in [3.05, 3.63) is 28.2 Å². The van der Waals surface area contributed by atoms with Gasteiger partial charge in [0.1, 0.15) is 5.69 Å². The highest BCUT2D eigenvalue weighted by molar-refractivity contribution is 5.92. The van der Waals surface area contributed by atoms with Crippen LogP contribution < -0.4 is 5.56 Å². The number of aliphatic carboxylic acids is 1. The first-order chi connectivity index (χ1) is 8.45. The lowest BCUT2D eigenvalue weighted by molar-refractivity contribution is -0.138. The summed E-state index contributed by atoms with van der Waals surface area (Å²) in [5.74, 6) is -1.37. The molecule has 1 atom stereocenters. The van der Waals surface area contributed by atoms with E-state index in [2.05, 4.69) is 10.2 Å². The van der Waals surface area contributed by atoms with Gasteiger partial charge in [-0.2, -0.15) is 5.10 Å². The van der Waals surface area contributed by atoms with E-state index in [0.717, 1.165) is 0 Å². The van der Waals surface area contributed by atoms with Gasteiger partial charge < -0.3 is 10.0 Å². The van der Waals surface area contributed by atoms with Crippen molar-refractivity contribution in [3.8, 4) is 0 Å². The predicted molar refractivity (Wildman–Crippen MR) is 63.3 cm³/mol. The van der Waals surface area contributed by atoms with E-state index in [1.54, 1.807) is 13.8 Å². The smallest absolute Gasteiger partial charge is 0.305 e. The van der Waals surface area contributed by atoms with Crippen LogP contribution in [0.25, 0.3) is 0 Å². The number of aromatic amines is 1. The van der Waals surface area contributed by atoms with Crippen molar-refractivity contribution >= 4 is 11.9 Å². The van der Waals surface area contributed by atoms with Crippen LogP contribution in [0.4, 0.5) is 0 Å². The van der Waals surface area contributed by atoms with Crippen molar-refractivity contribution in [1.29, 1.82) is 0 Å². The van der Waals surface area contributed by atoms with Gasteiger partial charge >= 0.3 is 5.97 Å². The SMILES string of the molecule is CCN(C(=O)c1ccc(=O)[nH]n1)C(C)CC(=O)O. The summed E-state index contributed by atoms with van der Waals surface area (Å²) < 4.78 is 0. The first-order valence-corrected chi connectivity index (χ1v) is 5.54. The minimum absolute atomic E-state index is 0.0914. The minimum atomic E-state index is -0.969. The lowest BCUT2D eigenvalue weighted by atomic mass is 10.2. The molecule has 7 nitrogen and oxygen atoms in total. The topological polar surface area (TPSA) is 103 Å². The molecule has 1 amide bonds. The molecule has 0 aliphatic heterocycles. The largest absolute Gasteiger partial charge is 0.481 e. The number of nitrogens with zero attached hydrogens (tertiary/aromatic N) is 2. The van der Waals surface area contributed by atoms with E-state index in [0.29, 0.717) is 6.54 Å². The Hall–Kier alpha value is -2.18. The quantitative estimate of drug-likeness (QED) is 0.774. The summed E-state index contributed by atoms with van der Waals surface area (Å²) in [5, 5.41) is 14.5. The summed E-state index contributed by atoms with van der Waals surface area (Å²) in [6.07, 6.45) is -0.136. The van der Waals surface area contributed by atoms with Gasteiger partial charge in [-0.3, -0.25) is 14.4 Å². The van der Waals surface area contributed by atoms with Gasteiger partial charge in [0.15, 0.2) is 0 Å². The lowest BCUT2D eigenvalue weighted by Gasteiger charge is -2.26. The fourth-order valence-corrected chi connectivity index (χ4v) is 1.63. The van der Waals surface area contributed by atoms with Gasteiger partial charge in [0, 0.05) is 18.7 Å². The Morgan fingerprint density at radius 1 is 1.50 bits per heavy atom. The molecule has 18 heavy (non-hydrogen) atoms. The molecule has 1 rings (SSSR count). The number of carboxylic acid groups (broad SMARTS) is 1. The number of carbonyl (C=O) groups is 2. The number of rotatable bonds is 5. The van der Waals surface area contributed by atoms with Crippen LogP contribution in [0.1, 0.15) is 30.8 Å². The first-order valence-electron chi connectivity index (χ1n) is 5.54. The standard InChI is InChI=1S/C11H15N3O4/c1-3-14(7(2)6-10(16)17)11(18)8-4-5-9(15)13-12-8/h4-5,7H,3,6H2,1-2H3,(H,13,15)(H,16,17). The highest BCUT2D eigenvalue weighted by Gasteiger charge is 2.22. The van der Waals surface area contributed by atoms with Crippen molar-refractivity contribution in [3.63, 3.8) is 0 Å². The number of amides is 1.